The standard InChI is InChI=1S/C19H32N4O9S/c1-4-9(2)15(20)18(30)21-10(5-6-33-3)16(28)22-11(7-13(24)25)17(29)23-12(19(31)32)8-14(26)27/h9-12,15H,4-8,20H2,1-3H3,(H,21,30)(H,22,28)(H,23,29)(H,24,25)(H,26,27)(H,31,32). The van der Waals surface area contributed by atoms with Gasteiger partial charge in [-0.2, -0.15) is 11.8 Å². The van der Waals surface area contributed by atoms with Gasteiger partial charge in [-0.3, -0.25) is 24.0 Å². The quantitative estimate of drug-likeness (QED) is 0.133. The number of carboxylic acids is 3. The number of carbonyl (C=O) groups is 6. The van der Waals surface area contributed by atoms with Crippen LogP contribution in [0.3, 0.4) is 0 Å². The van der Waals surface area contributed by atoms with Crippen LogP contribution >= 0.6 is 11.8 Å². The topological polar surface area (TPSA) is 225 Å². The molecule has 0 saturated carbocycles. The van der Waals surface area contributed by atoms with Gasteiger partial charge in [-0.1, -0.05) is 20.3 Å². The molecule has 0 aromatic carbocycles. The molecule has 5 unspecified atom stereocenters. The summed E-state index contributed by atoms with van der Waals surface area (Å²) >= 11 is 1.39. The largest absolute Gasteiger partial charge is 0.481 e. The Bertz CT molecular complexity index is 734. The molecule has 0 rings (SSSR count). The maximum absolute atomic E-state index is 12.8. The second-order valence-corrected chi connectivity index (χ2v) is 8.40. The van der Waals surface area contributed by atoms with Crippen LogP contribution in [0.5, 0.6) is 0 Å². The Hall–Kier alpha value is -2.87. The van der Waals surface area contributed by atoms with Crippen molar-refractivity contribution in [1.29, 1.82) is 0 Å². The molecule has 0 radical (unpaired) electrons. The summed E-state index contributed by atoms with van der Waals surface area (Å²) < 4.78 is 0. The average Bonchev–Trinajstić information content (AvgIpc) is 2.73. The Kier molecular flexibility index (Phi) is 13.7. The number of carboxylic acid groups (broad SMARTS) is 3. The second kappa shape index (κ2) is 15.1. The summed E-state index contributed by atoms with van der Waals surface area (Å²) in [5.74, 6) is -6.96. The number of thioether (sulfide) groups is 1. The van der Waals surface area contributed by atoms with Crippen molar-refractivity contribution in [1.82, 2.24) is 16.0 Å². The van der Waals surface area contributed by atoms with Crippen LogP contribution in [0.4, 0.5) is 0 Å². The van der Waals surface area contributed by atoms with Crippen LogP contribution in [0.25, 0.3) is 0 Å². The molecule has 0 spiro atoms. The van der Waals surface area contributed by atoms with E-state index in [0.29, 0.717) is 12.2 Å². The predicted octanol–water partition coefficient (Wildman–Crippen LogP) is -1.40. The molecule has 0 aliphatic carbocycles. The zero-order valence-corrected chi connectivity index (χ0v) is 19.5. The fourth-order valence-electron chi connectivity index (χ4n) is 2.59. The smallest absolute Gasteiger partial charge is 0.326 e. The molecule has 188 valence electrons. The lowest BCUT2D eigenvalue weighted by molar-refractivity contribution is -0.148. The van der Waals surface area contributed by atoms with Crippen molar-refractivity contribution in [3.8, 4) is 0 Å². The average molecular weight is 493 g/mol. The van der Waals surface area contributed by atoms with Gasteiger partial charge in [0.05, 0.1) is 18.9 Å². The predicted molar refractivity (Wildman–Crippen MR) is 118 cm³/mol. The molecule has 13 nitrogen and oxygen atoms in total. The number of aliphatic carboxylic acids is 3. The van der Waals surface area contributed by atoms with Crippen LogP contribution in [-0.2, 0) is 28.8 Å². The summed E-state index contributed by atoms with van der Waals surface area (Å²) in [7, 11) is 0. The lowest BCUT2D eigenvalue weighted by Gasteiger charge is -2.25. The van der Waals surface area contributed by atoms with E-state index in [4.69, 9.17) is 21.1 Å². The Morgan fingerprint density at radius 2 is 1.27 bits per heavy atom. The van der Waals surface area contributed by atoms with E-state index in [0.717, 1.165) is 0 Å². The second-order valence-electron chi connectivity index (χ2n) is 7.41. The number of amides is 3. The molecule has 0 aliphatic heterocycles. The van der Waals surface area contributed by atoms with Crippen LogP contribution in [0, 0.1) is 5.92 Å². The highest BCUT2D eigenvalue weighted by atomic mass is 32.2. The number of hydrogen-bond acceptors (Lipinski definition) is 8. The number of hydrogen-bond donors (Lipinski definition) is 7. The van der Waals surface area contributed by atoms with Gasteiger partial charge in [0.15, 0.2) is 0 Å². The Morgan fingerprint density at radius 1 is 0.818 bits per heavy atom. The zero-order chi connectivity index (χ0) is 25.7. The highest BCUT2D eigenvalue weighted by Crippen LogP contribution is 2.08. The van der Waals surface area contributed by atoms with Gasteiger partial charge in [0.25, 0.3) is 0 Å². The molecule has 5 atom stereocenters. The molecule has 0 aliphatic rings. The minimum atomic E-state index is -1.83. The Labute approximate surface area is 195 Å². The number of nitrogens with one attached hydrogen (secondary N) is 3. The molecule has 33 heavy (non-hydrogen) atoms. The van der Waals surface area contributed by atoms with Crippen LogP contribution in [0.15, 0.2) is 0 Å². The first-order valence-electron chi connectivity index (χ1n) is 10.2. The van der Waals surface area contributed by atoms with Gasteiger partial charge in [0.2, 0.25) is 17.7 Å². The van der Waals surface area contributed by atoms with E-state index in [1.165, 1.54) is 11.8 Å². The summed E-state index contributed by atoms with van der Waals surface area (Å²) in [6.45, 7) is 3.62. The van der Waals surface area contributed by atoms with Crippen LogP contribution < -0.4 is 21.7 Å². The SMILES string of the molecule is CCC(C)C(N)C(=O)NC(CCSC)C(=O)NC(CC(=O)O)C(=O)NC(CC(=O)O)C(=O)O. The Balaban J connectivity index is 5.53. The molecule has 0 aromatic heterocycles. The monoisotopic (exact) mass is 492 g/mol. The van der Waals surface area contributed by atoms with E-state index in [2.05, 4.69) is 10.6 Å². The maximum atomic E-state index is 12.8. The Morgan fingerprint density at radius 3 is 1.73 bits per heavy atom. The molecule has 0 bridgehead atoms. The van der Waals surface area contributed by atoms with E-state index >= 15 is 0 Å². The molecule has 3 amide bonds. The van der Waals surface area contributed by atoms with E-state index in [1.54, 1.807) is 13.2 Å². The van der Waals surface area contributed by atoms with Gasteiger partial charge in [0.1, 0.15) is 18.1 Å². The molecule has 8 N–H and O–H groups in total. The summed E-state index contributed by atoms with van der Waals surface area (Å²) in [6.07, 6.45) is 0.709. The van der Waals surface area contributed by atoms with Gasteiger partial charge < -0.3 is 37.0 Å². The number of rotatable bonds is 16. The highest BCUT2D eigenvalue weighted by Gasteiger charge is 2.32. The van der Waals surface area contributed by atoms with Crippen molar-refractivity contribution in [2.75, 3.05) is 12.0 Å². The van der Waals surface area contributed by atoms with Crippen molar-refractivity contribution >= 4 is 47.4 Å². The maximum Gasteiger partial charge on any atom is 0.326 e. The first-order chi connectivity index (χ1) is 15.3. The highest BCUT2D eigenvalue weighted by molar-refractivity contribution is 7.98. The fraction of sp³-hybridized carbons (Fsp3) is 0.684. The minimum Gasteiger partial charge on any atom is -0.481 e. The van der Waals surface area contributed by atoms with Gasteiger partial charge in [-0.15, -0.1) is 0 Å². The third kappa shape index (κ3) is 11.5. The lowest BCUT2D eigenvalue weighted by atomic mass is 9.99. The van der Waals surface area contributed by atoms with Gasteiger partial charge >= 0.3 is 17.9 Å². The van der Waals surface area contributed by atoms with Crippen molar-refractivity contribution in [2.24, 2.45) is 11.7 Å². The third-order valence-electron chi connectivity index (χ3n) is 4.81. The van der Waals surface area contributed by atoms with E-state index in [-0.39, 0.29) is 12.3 Å². The summed E-state index contributed by atoms with van der Waals surface area (Å²) in [6, 6.07) is -5.55. The zero-order valence-electron chi connectivity index (χ0n) is 18.7. The molecule has 0 saturated heterocycles. The first-order valence-corrected chi connectivity index (χ1v) is 11.5. The normalized spacial score (nSPS) is 15.3. The fourth-order valence-corrected chi connectivity index (χ4v) is 3.06. The van der Waals surface area contributed by atoms with E-state index in [1.807, 2.05) is 12.2 Å². The van der Waals surface area contributed by atoms with Crippen molar-refractivity contribution in [3.05, 3.63) is 0 Å². The van der Waals surface area contributed by atoms with Crippen LogP contribution in [0.2, 0.25) is 0 Å². The molecule has 0 heterocycles. The molecule has 14 heteroatoms. The van der Waals surface area contributed by atoms with Gasteiger partial charge in [0, 0.05) is 0 Å². The van der Waals surface area contributed by atoms with Gasteiger partial charge in [-0.05, 0) is 24.3 Å². The summed E-state index contributed by atoms with van der Waals surface area (Å²) in [5, 5.41) is 33.6. The van der Waals surface area contributed by atoms with Crippen molar-refractivity contribution in [2.45, 2.75) is 63.7 Å². The summed E-state index contributed by atoms with van der Waals surface area (Å²) in [4.78, 5) is 70.8. The first kappa shape index (κ1) is 30.1. The minimum absolute atomic E-state index is 0.157. The number of carbonyl (C=O) groups excluding carboxylic acids is 3. The molecule has 0 fully saturated rings. The van der Waals surface area contributed by atoms with Crippen molar-refractivity contribution < 1.29 is 44.1 Å². The lowest BCUT2D eigenvalue weighted by Crippen LogP contribution is -2.58. The summed E-state index contributed by atoms with van der Waals surface area (Å²) in [5.41, 5.74) is 5.89. The van der Waals surface area contributed by atoms with E-state index < -0.39 is 72.6 Å². The van der Waals surface area contributed by atoms with E-state index in [9.17, 15) is 28.8 Å². The molecular weight excluding hydrogens is 460 g/mol. The van der Waals surface area contributed by atoms with Crippen molar-refractivity contribution in [3.63, 3.8) is 0 Å². The molecular formula is C19H32N4O9S. The van der Waals surface area contributed by atoms with Crippen LogP contribution in [0.1, 0.15) is 39.5 Å². The van der Waals surface area contributed by atoms with Crippen LogP contribution in [-0.4, -0.2) is 87.1 Å². The number of nitrogens with two attached hydrogens (primary N) is 1. The third-order valence-corrected chi connectivity index (χ3v) is 5.45. The molecule has 0 aromatic rings. The van der Waals surface area contributed by atoms with Gasteiger partial charge in [-0.25, -0.2) is 4.79 Å².